The van der Waals surface area contributed by atoms with Gasteiger partial charge in [-0.1, -0.05) is 12.1 Å². The Morgan fingerprint density at radius 2 is 2.21 bits per heavy atom. The first-order valence-corrected chi connectivity index (χ1v) is 6.56. The second-order valence-electron chi connectivity index (χ2n) is 4.17. The molecule has 0 unspecified atom stereocenters. The van der Waals surface area contributed by atoms with Crippen molar-refractivity contribution in [2.75, 3.05) is 20.6 Å². The Hall–Kier alpha value is -1.47. The second-order valence-corrected chi connectivity index (χ2v) is 4.96. The fraction of sp³-hybridized carbons (Fsp3) is 0.417. The van der Waals surface area contributed by atoms with E-state index < -0.39 is 4.92 Å². The maximum Gasteiger partial charge on any atom is 0.283 e. The highest BCUT2D eigenvalue weighted by atomic mass is 79.9. The van der Waals surface area contributed by atoms with Crippen molar-refractivity contribution in [3.8, 4) is 0 Å². The average molecular weight is 330 g/mol. The standard InChI is InChI=1S/C12H16BrN3O3/c1-14-11(17)6-7-15(2)8-9-4-3-5-10(12(9)13)16(18)19/h3-5H,6-8H2,1-2H3,(H,14,17). The highest BCUT2D eigenvalue weighted by molar-refractivity contribution is 9.10. The summed E-state index contributed by atoms with van der Waals surface area (Å²) >= 11 is 3.26. The molecule has 6 nitrogen and oxygen atoms in total. The molecule has 0 spiro atoms. The fourth-order valence-corrected chi connectivity index (χ4v) is 2.15. The van der Waals surface area contributed by atoms with Crippen LogP contribution < -0.4 is 5.32 Å². The Kier molecular flexibility index (Phi) is 5.91. The van der Waals surface area contributed by atoms with E-state index >= 15 is 0 Å². The van der Waals surface area contributed by atoms with Gasteiger partial charge in [0.05, 0.1) is 9.40 Å². The molecule has 0 atom stereocenters. The minimum absolute atomic E-state index is 0.0232. The van der Waals surface area contributed by atoms with Crippen LogP contribution in [0.5, 0.6) is 0 Å². The second kappa shape index (κ2) is 7.20. The number of amides is 1. The van der Waals surface area contributed by atoms with E-state index in [0.717, 1.165) is 5.56 Å². The zero-order valence-corrected chi connectivity index (χ0v) is 12.4. The normalized spacial score (nSPS) is 10.5. The molecular formula is C12H16BrN3O3. The van der Waals surface area contributed by atoms with E-state index in [2.05, 4.69) is 21.2 Å². The van der Waals surface area contributed by atoms with Crippen molar-refractivity contribution in [1.82, 2.24) is 10.2 Å². The first-order valence-electron chi connectivity index (χ1n) is 5.76. The summed E-state index contributed by atoms with van der Waals surface area (Å²) in [5, 5.41) is 13.4. The van der Waals surface area contributed by atoms with Crippen molar-refractivity contribution in [1.29, 1.82) is 0 Å². The van der Waals surface area contributed by atoms with Crippen LogP contribution in [0.15, 0.2) is 22.7 Å². The van der Waals surface area contributed by atoms with Crippen LogP contribution in [0, 0.1) is 10.1 Å². The number of rotatable bonds is 6. The molecule has 0 saturated heterocycles. The fourth-order valence-electron chi connectivity index (χ4n) is 1.62. The monoisotopic (exact) mass is 329 g/mol. The molecule has 0 radical (unpaired) electrons. The van der Waals surface area contributed by atoms with Gasteiger partial charge in [0.1, 0.15) is 0 Å². The summed E-state index contributed by atoms with van der Waals surface area (Å²) in [6.45, 7) is 1.13. The van der Waals surface area contributed by atoms with Crippen LogP contribution in [0.25, 0.3) is 0 Å². The molecule has 1 rings (SSSR count). The third-order valence-electron chi connectivity index (χ3n) is 2.69. The van der Waals surface area contributed by atoms with Gasteiger partial charge in [0, 0.05) is 32.6 Å². The number of halogens is 1. The van der Waals surface area contributed by atoms with E-state index in [9.17, 15) is 14.9 Å². The number of nitrogens with zero attached hydrogens (tertiary/aromatic N) is 2. The van der Waals surface area contributed by atoms with Crippen molar-refractivity contribution in [3.63, 3.8) is 0 Å². The van der Waals surface area contributed by atoms with Crippen LogP contribution in [-0.4, -0.2) is 36.4 Å². The van der Waals surface area contributed by atoms with Crippen molar-refractivity contribution >= 4 is 27.5 Å². The van der Waals surface area contributed by atoms with Gasteiger partial charge in [-0.05, 0) is 28.5 Å². The number of nitrogens with one attached hydrogen (secondary N) is 1. The molecule has 7 heteroatoms. The summed E-state index contributed by atoms with van der Waals surface area (Å²) < 4.78 is 0.492. The first-order chi connectivity index (χ1) is 8.95. The van der Waals surface area contributed by atoms with Crippen LogP contribution in [0.1, 0.15) is 12.0 Å². The lowest BCUT2D eigenvalue weighted by molar-refractivity contribution is -0.385. The lowest BCUT2D eigenvalue weighted by Crippen LogP contribution is -2.26. The van der Waals surface area contributed by atoms with Gasteiger partial charge in [0.15, 0.2) is 0 Å². The van der Waals surface area contributed by atoms with Crippen LogP contribution in [0.4, 0.5) is 5.69 Å². The Labute approximate surface area is 120 Å². The largest absolute Gasteiger partial charge is 0.359 e. The number of benzene rings is 1. The van der Waals surface area contributed by atoms with Gasteiger partial charge in [-0.3, -0.25) is 14.9 Å². The van der Waals surface area contributed by atoms with E-state index in [1.54, 1.807) is 13.1 Å². The predicted molar refractivity (Wildman–Crippen MR) is 75.8 cm³/mol. The Balaban J connectivity index is 2.69. The molecule has 0 aliphatic carbocycles. The molecule has 0 heterocycles. The molecule has 19 heavy (non-hydrogen) atoms. The first kappa shape index (κ1) is 15.6. The Morgan fingerprint density at radius 1 is 1.53 bits per heavy atom. The van der Waals surface area contributed by atoms with E-state index in [1.165, 1.54) is 6.07 Å². The Bertz CT molecular complexity index is 479. The topological polar surface area (TPSA) is 75.5 Å². The third kappa shape index (κ3) is 4.60. The Morgan fingerprint density at radius 3 is 2.79 bits per heavy atom. The SMILES string of the molecule is CNC(=O)CCN(C)Cc1cccc([N+](=O)[O-])c1Br. The van der Waals surface area contributed by atoms with E-state index in [4.69, 9.17) is 0 Å². The summed E-state index contributed by atoms with van der Waals surface area (Å²) in [5.41, 5.74) is 0.880. The van der Waals surface area contributed by atoms with E-state index in [1.807, 2.05) is 18.0 Å². The number of hydrogen-bond donors (Lipinski definition) is 1. The number of nitro benzene ring substituents is 1. The van der Waals surface area contributed by atoms with Gasteiger partial charge in [0.2, 0.25) is 5.91 Å². The molecule has 0 aromatic heterocycles. The van der Waals surface area contributed by atoms with Gasteiger partial charge < -0.3 is 10.2 Å². The molecule has 1 amide bonds. The zero-order valence-electron chi connectivity index (χ0n) is 10.9. The number of nitro groups is 1. The summed E-state index contributed by atoms with van der Waals surface area (Å²) in [6, 6.07) is 4.94. The molecule has 1 N–H and O–H groups in total. The van der Waals surface area contributed by atoms with Gasteiger partial charge in [-0.15, -0.1) is 0 Å². The zero-order chi connectivity index (χ0) is 14.4. The molecule has 0 aliphatic heterocycles. The third-order valence-corrected chi connectivity index (χ3v) is 3.61. The highest BCUT2D eigenvalue weighted by Gasteiger charge is 2.15. The van der Waals surface area contributed by atoms with Crippen LogP contribution in [-0.2, 0) is 11.3 Å². The number of carbonyl (C=O) groups is 1. The molecule has 0 bridgehead atoms. The molecule has 1 aromatic carbocycles. The molecule has 104 valence electrons. The van der Waals surface area contributed by atoms with Gasteiger partial charge in [-0.2, -0.15) is 0 Å². The molecular weight excluding hydrogens is 314 g/mol. The van der Waals surface area contributed by atoms with E-state index in [-0.39, 0.29) is 11.6 Å². The minimum Gasteiger partial charge on any atom is -0.359 e. The maximum absolute atomic E-state index is 11.1. The van der Waals surface area contributed by atoms with Crippen LogP contribution in [0.2, 0.25) is 0 Å². The minimum atomic E-state index is -0.419. The summed E-state index contributed by atoms with van der Waals surface area (Å²) in [4.78, 5) is 23.5. The van der Waals surface area contributed by atoms with Crippen molar-refractivity contribution in [2.45, 2.75) is 13.0 Å². The van der Waals surface area contributed by atoms with Gasteiger partial charge in [-0.25, -0.2) is 0 Å². The van der Waals surface area contributed by atoms with E-state index in [0.29, 0.717) is 24.0 Å². The van der Waals surface area contributed by atoms with Crippen molar-refractivity contribution < 1.29 is 9.72 Å². The molecule has 1 aromatic rings. The number of carbonyl (C=O) groups excluding carboxylic acids is 1. The van der Waals surface area contributed by atoms with Crippen LogP contribution >= 0.6 is 15.9 Å². The van der Waals surface area contributed by atoms with Crippen LogP contribution in [0.3, 0.4) is 0 Å². The summed E-state index contributed by atoms with van der Waals surface area (Å²) in [5.74, 6) is -0.0232. The predicted octanol–water partition coefficient (Wildman–Crippen LogP) is 1.93. The quantitative estimate of drug-likeness (QED) is 0.639. The molecule has 0 aliphatic rings. The lowest BCUT2D eigenvalue weighted by atomic mass is 10.2. The highest BCUT2D eigenvalue weighted by Crippen LogP contribution is 2.28. The number of hydrogen-bond acceptors (Lipinski definition) is 4. The van der Waals surface area contributed by atoms with Gasteiger partial charge in [0.25, 0.3) is 5.69 Å². The molecule has 0 fully saturated rings. The maximum atomic E-state index is 11.1. The summed E-state index contributed by atoms with van der Waals surface area (Å²) in [7, 11) is 3.47. The van der Waals surface area contributed by atoms with Crippen molar-refractivity contribution in [3.05, 3.63) is 38.3 Å². The molecule has 0 saturated carbocycles. The average Bonchev–Trinajstić information content (AvgIpc) is 2.38. The van der Waals surface area contributed by atoms with Crippen molar-refractivity contribution in [2.24, 2.45) is 0 Å². The summed E-state index contributed by atoms with van der Waals surface area (Å²) in [6.07, 6.45) is 0.402. The van der Waals surface area contributed by atoms with Gasteiger partial charge >= 0.3 is 0 Å². The smallest absolute Gasteiger partial charge is 0.283 e. The lowest BCUT2D eigenvalue weighted by Gasteiger charge is -2.16.